The third kappa shape index (κ3) is 4.80. The molecule has 2 aromatic carbocycles. The number of allylic oxidation sites excluding steroid dienone is 4. The van der Waals surface area contributed by atoms with E-state index in [1.165, 1.54) is 24.3 Å². The van der Waals surface area contributed by atoms with Crippen molar-refractivity contribution >= 4 is 22.5 Å². The van der Waals surface area contributed by atoms with E-state index >= 15 is 0 Å². The van der Waals surface area contributed by atoms with Crippen molar-refractivity contribution in [2.24, 2.45) is 11.7 Å². The van der Waals surface area contributed by atoms with Crippen molar-refractivity contribution in [2.45, 2.75) is 0 Å². The summed E-state index contributed by atoms with van der Waals surface area (Å²) in [6, 6.07) is 15.5. The van der Waals surface area contributed by atoms with Gasteiger partial charge in [0.05, 0.1) is 17.1 Å². The number of aromatic nitrogens is 1. The highest BCUT2D eigenvalue weighted by Crippen LogP contribution is 2.29. The molecule has 0 aliphatic carbocycles. The lowest BCUT2D eigenvalue weighted by Gasteiger charge is -2.15. The van der Waals surface area contributed by atoms with Gasteiger partial charge in [-0.2, -0.15) is 0 Å². The second kappa shape index (κ2) is 10.3. The number of hydrogen-bond donors (Lipinski definition) is 4. The fourth-order valence-electron chi connectivity index (χ4n) is 3.31. The van der Waals surface area contributed by atoms with Gasteiger partial charge in [0.15, 0.2) is 0 Å². The highest BCUT2D eigenvalue weighted by molar-refractivity contribution is 5.97. The summed E-state index contributed by atoms with van der Waals surface area (Å²) in [5, 5.41) is 0. The van der Waals surface area contributed by atoms with Crippen LogP contribution in [0.4, 0.5) is 8.78 Å². The number of rotatable bonds is 8. The Kier molecular flexibility index (Phi) is 7.28. The third-order valence-electron chi connectivity index (χ3n) is 4.85. The average molecular weight is 431 g/mol. The van der Waals surface area contributed by atoms with Gasteiger partial charge < -0.3 is 10.9 Å². The molecule has 162 valence electrons. The Hall–Kier alpha value is -4.07. The molecule has 0 bridgehead atoms. The van der Waals surface area contributed by atoms with Gasteiger partial charge in [-0.15, -0.1) is 0 Å². The van der Waals surface area contributed by atoms with Crippen LogP contribution < -0.4 is 22.5 Å². The van der Waals surface area contributed by atoms with Crippen LogP contribution >= 0.6 is 0 Å². The first-order chi connectivity index (χ1) is 15.5. The molecule has 0 saturated heterocycles. The second-order valence-electron chi connectivity index (χ2n) is 6.72. The van der Waals surface area contributed by atoms with Crippen molar-refractivity contribution in [2.75, 3.05) is 0 Å². The number of nitrogens with two attached hydrogens (primary N) is 2. The van der Waals surface area contributed by atoms with Gasteiger partial charge in [-0.3, -0.25) is 16.7 Å². The molecule has 0 fully saturated rings. The first-order valence-corrected chi connectivity index (χ1v) is 9.67. The fourth-order valence-corrected chi connectivity index (χ4v) is 3.31. The topological polar surface area (TPSA) is 89.0 Å². The van der Waals surface area contributed by atoms with Crippen molar-refractivity contribution in [3.05, 3.63) is 126 Å². The van der Waals surface area contributed by atoms with Gasteiger partial charge >= 0.3 is 0 Å². The molecule has 0 atom stereocenters. The van der Waals surface area contributed by atoms with E-state index in [0.717, 1.165) is 5.56 Å². The zero-order valence-corrected chi connectivity index (χ0v) is 17.3. The summed E-state index contributed by atoms with van der Waals surface area (Å²) in [4.78, 5) is 4.45. The molecule has 6 N–H and O–H groups in total. The molecular weight excluding hydrogens is 408 g/mol. The minimum atomic E-state index is -0.353. The molecule has 0 saturated carbocycles. The smallest absolute Gasteiger partial charge is 0.123 e. The van der Waals surface area contributed by atoms with Crippen LogP contribution in [0.3, 0.4) is 0 Å². The van der Waals surface area contributed by atoms with Gasteiger partial charge in [0, 0.05) is 17.3 Å². The molecule has 32 heavy (non-hydrogen) atoms. The summed E-state index contributed by atoms with van der Waals surface area (Å²) in [6.07, 6.45) is 4.90. The predicted molar refractivity (Wildman–Crippen MR) is 126 cm³/mol. The zero-order chi connectivity index (χ0) is 23.1. The number of nitrogens with one attached hydrogen (secondary N) is 2. The number of halogens is 2. The number of hydrazine groups is 2. The first kappa shape index (κ1) is 22.6. The molecule has 0 spiro atoms. The summed E-state index contributed by atoms with van der Waals surface area (Å²) >= 11 is 0. The molecule has 1 heterocycles. The zero-order valence-electron chi connectivity index (χ0n) is 17.3. The quantitative estimate of drug-likeness (QED) is 0.241. The maximum atomic E-state index is 13.4. The molecule has 1 aromatic heterocycles. The molecule has 5 nitrogen and oxygen atoms in total. The Morgan fingerprint density at radius 3 is 1.62 bits per heavy atom. The summed E-state index contributed by atoms with van der Waals surface area (Å²) in [5.74, 6) is 10.9. The van der Waals surface area contributed by atoms with E-state index < -0.39 is 0 Å². The van der Waals surface area contributed by atoms with E-state index in [2.05, 4.69) is 29.0 Å². The monoisotopic (exact) mass is 431 g/mol. The molecule has 3 rings (SSSR count). The van der Waals surface area contributed by atoms with Gasteiger partial charge in [0.25, 0.3) is 0 Å². The van der Waals surface area contributed by atoms with E-state index in [4.69, 9.17) is 11.7 Å². The van der Waals surface area contributed by atoms with Crippen LogP contribution in [0.15, 0.2) is 92.2 Å². The molecule has 0 aliphatic rings. The standard InChI is InChI=1S/C25H23F2N5/c1-3-21(24(31-28)16-5-9-19(26)10-6-16)18-13-14-30-23(15-18)22(4-2)25(32-29)17-7-11-20(27)12-8-17/h3-15,31-32H,1-2,28-29H2/b24-21+,25-22+. The maximum absolute atomic E-state index is 13.4. The van der Waals surface area contributed by atoms with Crippen LogP contribution in [0, 0.1) is 11.6 Å². The Morgan fingerprint density at radius 2 is 1.19 bits per heavy atom. The van der Waals surface area contributed by atoms with Crippen LogP contribution in [-0.4, -0.2) is 4.98 Å². The van der Waals surface area contributed by atoms with E-state index in [1.807, 2.05) is 6.07 Å². The Labute approximate surface area is 185 Å². The highest BCUT2D eigenvalue weighted by atomic mass is 19.1. The molecular formula is C25H23F2N5. The van der Waals surface area contributed by atoms with E-state index in [9.17, 15) is 8.78 Å². The number of benzene rings is 2. The van der Waals surface area contributed by atoms with Crippen LogP contribution in [0.5, 0.6) is 0 Å². The average Bonchev–Trinajstić information content (AvgIpc) is 2.82. The number of hydrogen-bond acceptors (Lipinski definition) is 5. The second-order valence-corrected chi connectivity index (χ2v) is 6.72. The third-order valence-corrected chi connectivity index (χ3v) is 4.85. The van der Waals surface area contributed by atoms with Crippen molar-refractivity contribution in [1.29, 1.82) is 0 Å². The summed E-state index contributed by atoms with van der Waals surface area (Å²) < 4.78 is 26.7. The summed E-state index contributed by atoms with van der Waals surface area (Å²) in [6.45, 7) is 7.79. The Morgan fingerprint density at radius 1 is 0.719 bits per heavy atom. The minimum Gasteiger partial charge on any atom is -0.323 e. The van der Waals surface area contributed by atoms with E-state index in [0.29, 0.717) is 39.4 Å². The fraction of sp³-hybridized carbons (Fsp3) is 0. The molecule has 7 heteroatoms. The van der Waals surface area contributed by atoms with Gasteiger partial charge in [-0.05, 0) is 77.4 Å². The van der Waals surface area contributed by atoms with Gasteiger partial charge in [0.1, 0.15) is 11.6 Å². The predicted octanol–water partition coefficient (Wildman–Crippen LogP) is 4.40. The lowest BCUT2D eigenvalue weighted by atomic mass is 9.97. The molecule has 0 unspecified atom stereocenters. The van der Waals surface area contributed by atoms with E-state index in [-0.39, 0.29) is 11.6 Å². The van der Waals surface area contributed by atoms with Gasteiger partial charge in [0.2, 0.25) is 0 Å². The van der Waals surface area contributed by atoms with Crippen molar-refractivity contribution in [3.63, 3.8) is 0 Å². The number of nitrogens with zero attached hydrogens (tertiary/aromatic N) is 1. The van der Waals surface area contributed by atoms with E-state index in [1.54, 1.807) is 48.7 Å². The first-order valence-electron chi connectivity index (χ1n) is 9.67. The van der Waals surface area contributed by atoms with Crippen molar-refractivity contribution in [3.8, 4) is 0 Å². The SMILES string of the molecule is C=C/C(=C(\NN)c1ccc(F)cc1)c1ccnc(/C(C=C)=C(/NN)c2ccc(F)cc2)c1. The lowest BCUT2D eigenvalue weighted by Crippen LogP contribution is -2.21. The summed E-state index contributed by atoms with van der Waals surface area (Å²) in [7, 11) is 0. The van der Waals surface area contributed by atoms with Crippen LogP contribution in [0.1, 0.15) is 22.4 Å². The normalized spacial score (nSPS) is 12.4. The summed E-state index contributed by atoms with van der Waals surface area (Å²) in [5.41, 5.74) is 10.4. The maximum Gasteiger partial charge on any atom is 0.123 e. The van der Waals surface area contributed by atoms with Crippen LogP contribution in [0.2, 0.25) is 0 Å². The Balaban J connectivity index is 2.16. The van der Waals surface area contributed by atoms with Crippen molar-refractivity contribution < 1.29 is 8.78 Å². The largest absolute Gasteiger partial charge is 0.323 e. The molecule has 0 radical (unpaired) electrons. The lowest BCUT2D eigenvalue weighted by molar-refractivity contribution is 0.627. The molecule has 3 aromatic rings. The number of pyridine rings is 1. The van der Waals surface area contributed by atoms with Crippen LogP contribution in [0.25, 0.3) is 22.5 Å². The minimum absolute atomic E-state index is 0.347. The van der Waals surface area contributed by atoms with Gasteiger partial charge in [-0.25, -0.2) is 8.78 Å². The van der Waals surface area contributed by atoms with Crippen LogP contribution in [-0.2, 0) is 0 Å². The van der Waals surface area contributed by atoms with Gasteiger partial charge in [-0.1, -0.05) is 25.3 Å². The Bertz CT molecular complexity index is 1090. The molecule has 0 amide bonds. The van der Waals surface area contributed by atoms with Crippen molar-refractivity contribution in [1.82, 2.24) is 15.8 Å². The highest BCUT2D eigenvalue weighted by Gasteiger charge is 2.14. The molecule has 0 aliphatic heterocycles.